The quantitative estimate of drug-likeness (QED) is 0.320. The number of aromatic nitrogens is 1. The Labute approximate surface area is 196 Å². The highest BCUT2D eigenvalue weighted by Gasteiger charge is 2.73. The van der Waals surface area contributed by atoms with E-state index < -0.39 is 0 Å². The molecule has 5 nitrogen and oxygen atoms in total. The molecule has 6 heteroatoms. The molecule has 4 atom stereocenters. The summed E-state index contributed by atoms with van der Waals surface area (Å²) in [4.78, 5) is 26.4. The Hall–Kier alpha value is -3.18. The summed E-state index contributed by atoms with van der Waals surface area (Å²) in [5.74, 6) is -0.306. The molecule has 3 aromatic rings. The van der Waals surface area contributed by atoms with Crippen molar-refractivity contribution in [1.29, 1.82) is 0 Å². The van der Waals surface area contributed by atoms with Crippen LogP contribution in [0, 0.1) is 29.1 Å². The second kappa shape index (κ2) is 6.67. The molecule has 2 amide bonds. The van der Waals surface area contributed by atoms with Crippen LogP contribution in [0.2, 0.25) is 5.02 Å². The first kappa shape index (κ1) is 19.3. The maximum absolute atomic E-state index is 13.2. The Balaban J connectivity index is 1.21. The topological polar surface area (TPSA) is 54.7 Å². The maximum Gasteiger partial charge on any atom is 0.254 e. The number of para-hydroxylation sites is 1. The number of amides is 2. The van der Waals surface area contributed by atoms with Gasteiger partial charge in [0.2, 0.25) is 0 Å². The minimum Gasteiger partial charge on any atom is -0.342 e. The third-order valence-electron chi connectivity index (χ3n) is 8.26. The van der Waals surface area contributed by atoms with Crippen molar-refractivity contribution in [2.24, 2.45) is 34.2 Å². The average Bonchev–Trinajstić information content (AvgIpc) is 3.27. The molecule has 1 spiro atoms. The van der Waals surface area contributed by atoms with E-state index >= 15 is 0 Å². The molecule has 3 fully saturated rings. The van der Waals surface area contributed by atoms with E-state index in [1.807, 2.05) is 48.7 Å². The van der Waals surface area contributed by atoms with Gasteiger partial charge in [-0.05, 0) is 47.8 Å². The first-order valence-corrected chi connectivity index (χ1v) is 11.9. The number of nitrogens with zero attached hydrogens (tertiary/aromatic N) is 3. The Morgan fingerprint density at radius 2 is 1.64 bits per heavy atom. The van der Waals surface area contributed by atoms with Gasteiger partial charge in [0.1, 0.15) is 0 Å². The van der Waals surface area contributed by atoms with Crippen LogP contribution in [0.15, 0.2) is 72.0 Å². The third-order valence-corrected chi connectivity index (χ3v) is 8.63. The number of rotatable bonds is 4. The van der Waals surface area contributed by atoms with Gasteiger partial charge in [-0.25, -0.2) is 0 Å². The van der Waals surface area contributed by atoms with Crippen LogP contribution in [0.25, 0.3) is 10.9 Å². The SMILES string of the molecule is O=C1[C@@H]2[C@@H](C(=O)N1/N=C\c1cn(Cc3ccccc3Cl)c3ccccc13)[C@H]1C=C[C@H]2C12CC2. The number of imide groups is 1. The molecule has 4 aliphatic rings. The minimum atomic E-state index is -0.228. The molecule has 2 aromatic carbocycles. The number of hydrazone groups is 1. The lowest BCUT2D eigenvalue weighted by Crippen LogP contribution is -2.30. The Kier molecular flexibility index (Phi) is 3.90. The number of carbonyl (C=O) groups is 2. The van der Waals surface area contributed by atoms with Gasteiger partial charge < -0.3 is 4.57 Å². The van der Waals surface area contributed by atoms with Crippen LogP contribution in [-0.4, -0.2) is 27.6 Å². The van der Waals surface area contributed by atoms with Crippen LogP contribution in [0.1, 0.15) is 24.0 Å². The van der Waals surface area contributed by atoms with Gasteiger partial charge in [-0.15, -0.1) is 0 Å². The van der Waals surface area contributed by atoms with E-state index in [0.717, 1.165) is 44.9 Å². The summed E-state index contributed by atoms with van der Waals surface area (Å²) in [6.45, 7) is 0.622. The lowest BCUT2D eigenvalue weighted by Gasteiger charge is -2.18. The van der Waals surface area contributed by atoms with E-state index in [1.54, 1.807) is 6.21 Å². The van der Waals surface area contributed by atoms with Crippen molar-refractivity contribution in [3.63, 3.8) is 0 Å². The summed E-state index contributed by atoms with van der Waals surface area (Å²) < 4.78 is 2.13. The van der Waals surface area contributed by atoms with E-state index in [9.17, 15) is 9.59 Å². The van der Waals surface area contributed by atoms with Gasteiger partial charge in [0, 0.05) is 34.2 Å². The number of hydrogen-bond acceptors (Lipinski definition) is 3. The van der Waals surface area contributed by atoms with Crippen molar-refractivity contribution in [1.82, 2.24) is 9.58 Å². The minimum absolute atomic E-state index is 0.135. The van der Waals surface area contributed by atoms with Crippen molar-refractivity contribution < 1.29 is 9.59 Å². The van der Waals surface area contributed by atoms with Gasteiger partial charge in [-0.1, -0.05) is 60.2 Å². The fraction of sp³-hybridized carbons (Fsp3) is 0.296. The molecule has 7 rings (SSSR count). The predicted molar refractivity (Wildman–Crippen MR) is 127 cm³/mol. The molecular formula is C27H22ClN3O2. The highest BCUT2D eigenvalue weighted by atomic mass is 35.5. The molecule has 164 valence electrons. The maximum atomic E-state index is 13.2. The monoisotopic (exact) mass is 455 g/mol. The zero-order valence-corrected chi connectivity index (χ0v) is 18.7. The molecular weight excluding hydrogens is 434 g/mol. The third kappa shape index (κ3) is 2.57. The van der Waals surface area contributed by atoms with Crippen molar-refractivity contribution in [3.05, 3.63) is 83.0 Å². The van der Waals surface area contributed by atoms with Crippen LogP contribution in [-0.2, 0) is 16.1 Å². The number of hydrogen-bond donors (Lipinski definition) is 0. The molecule has 1 saturated heterocycles. The van der Waals surface area contributed by atoms with Gasteiger partial charge in [0.05, 0.1) is 18.1 Å². The summed E-state index contributed by atoms with van der Waals surface area (Å²) in [5, 5.41) is 7.31. The number of fused-ring (bicyclic) bond motifs is 4. The molecule has 3 aliphatic carbocycles. The highest BCUT2D eigenvalue weighted by Crippen LogP contribution is 2.73. The van der Waals surface area contributed by atoms with E-state index in [1.165, 1.54) is 0 Å². The van der Waals surface area contributed by atoms with Gasteiger partial charge >= 0.3 is 0 Å². The molecule has 2 bridgehead atoms. The highest BCUT2D eigenvalue weighted by molar-refractivity contribution is 6.31. The zero-order chi connectivity index (χ0) is 22.3. The smallest absolute Gasteiger partial charge is 0.254 e. The van der Waals surface area contributed by atoms with Gasteiger partial charge in [-0.2, -0.15) is 10.1 Å². The van der Waals surface area contributed by atoms with Gasteiger partial charge in [-0.3, -0.25) is 9.59 Å². The van der Waals surface area contributed by atoms with Crippen molar-refractivity contribution in [2.45, 2.75) is 19.4 Å². The summed E-state index contributed by atoms with van der Waals surface area (Å²) in [5.41, 5.74) is 3.14. The van der Waals surface area contributed by atoms with E-state index in [2.05, 4.69) is 27.9 Å². The normalized spacial score (nSPS) is 28.7. The molecule has 0 unspecified atom stereocenters. The molecule has 2 heterocycles. The summed E-state index contributed by atoms with van der Waals surface area (Å²) in [7, 11) is 0. The van der Waals surface area contributed by atoms with Crippen LogP contribution in [0.5, 0.6) is 0 Å². The number of allylic oxidation sites excluding steroid dienone is 2. The number of benzene rings is 2. The molecule has 0 N–H and O–H groups in total. The zero-order valence-electron chi connectivity index (χ0n) is 17.9. The summed E-state index contributed by atoms with van der Waals surface area (Å²) in [6, 6.07) is 15.9. The largest absolute Gasteiger partial charge is 0.342 e. The summed E-state index contributed by atoms with van der Waals surface area (Å²) >= 11 is 6.38. The van der Waals surface area contributed by atoms with Crippen molar-refractivity contribution >= 4 is 40.5 Å². The second-order valence-corrected chi connectivity index (χ2v) is 10.2. The fourth-order valence-electron chi connectivity index (χ4n) is 6.62. The first-order chi connectivity index (χ1) is 16.1. The Morgan fingerprint density at radius 1 is 0.970 bits per heavy atom. The van der Waals surface area contributed by atoms with Gasteiger partial charge in [0.25, 0.3) is 11.8 Å². The Morgan fingerprint density at radius 3 is 2.33 bits per heavy atom. The van der Waals surface area contributed by atoms with Crippen LogP contribution in [0.4, 0.5) is 0 Å². The lowest BCUT2D eigenvalue weighted by atomic mass is 9.85. The van der Waals surface area contributed by atoms with Crippen LogP contribution >= 0.6 is 11.6 Å². The van der Waals surface area contributed by atoms with Gasteiger partial charge in [0.15, 0.2) is 0 Å². The fourth-order valence-corrected chi connectivity index (χ4v) is 6.81. The molecule has 2 saturated carbocycles. The first-order valence-electron chi connectivity index (χ1n) is 11.5. The average molecular weight is 456 g/mol. The lowest BCUT2D eigenvalue weighted by molar-refractivity contribution is -0.141. The van der Waals surface area contributed by atoms with E-state index in [-0.39, 0.29) is 40.9 Å². The van der Waals surface area contributed by atoms with Crippen molar-refractivity contribution in [3.8, 4) is 0 Å². The van der Waals surface area contributed by atoms with Crippen molar-refractivity contribution in [2.75, 3.05) is 0 Å². The Bertz CT molecular complexity index is 1370. The standard InChI is InChI=1S/C27H22ClN3O2/c28-21-7-3-1-5-16(21)14-30-15-17(18-6-2-4-8-22(18)30)13-29-31-25(32)23-19-9-10-20(24(23)26(31)33)27(19)11-12-27/h1-10,13,15,19-20,23-24H,11-12,14H2/b29-13-/t19-,20-,23+,24+/m1/s1. The predicted octanol–water partition coefficient (Wildman–Crippen LogP) is 4.87. The number of carbonyl (C=O) groups excluding carboxylic acids is 2. The molecule has 1 aliphatic heterocycles. The molecule has 1 aromatic heterocycles. The van der Waals surface area contributed by atoms with E-state index in [0.29, 0.717) is 6.54 Å². The van der Waals surface area contributed by atoms with Crippen LogP contribution in [0.3, 0.4) is 0 Å². The second-order valence-electron chi connectivity index (χ2n) is 9.77. The van der Waals surface area contributed by atoms with E-state index in [4.69, 9.17) is 11.6 Å². The molecule has 0 radical (unpaired) electrons. The molecule has 33 heavy (non-hydrogen) atoms. The summed E-state index contributed by atoms with van der Waals surface area (Å²) in [6.07, 6.45) is 10.3. The number of halogens is 1. The van der Waals surface area contributed by atoms with Crippen LogP contribution < -0.4 is 0 Å².